The van der Waals surface area contributed by atoms with Gasteiger partial charge in [0, 0.05) is 5.56 Å². The Balaban J connectivity index is 2.05. The molecule has 0 radical (unpaired) electrons. The number of ether oxygens (including phenoxy) is 3. The Morgan fingerprint density at radius 1 is 1.00 bits per heavy atom. The van der Waals surface area contributed by atoms with Crippen LogP contribution in [0.25, 0.3) is 0 Å². The van der Waals surface area contributed by atoms with E-state index in [1.807, 2.05) is 0 Å². The van der Waals surface area contributed by atoms with Crippen LogP contribution in [0.2, 0.25) is 0 Å². The van der Waals surface area contributed by atoms with Crippen molar-refractivity contribution in [1.82, 2.24) is 0 Å². The van der Waals surface area contributed by atoms with Gasteiger partial charge in [-0.25, -0.2) is 9.18 Å². The number of methoxy groups -OCH3 is 2. The topological polar surface area (TPSA) is 61.8 Å². The molecule has 0 aliphatic heterocycles. The summed E-state index contributed by atoms with van der Waals surface area (Å²) in [6.45, 7) is -0.497. The lowest BCUT2D eigenvalue weighted by Gasteiger charge is -2.09. The van der Waals surface area contributed by atoms with Crippen LogP contribution in [0.3, 0.4) is 0 Å². The van der Waals surface area contributed by atoms with E-state index >= 15 is 0 Å². The maximum atomic E-state index is 13.5. The zero-order valence-electron chi connectivity index (χ0n) is 12.7. The fourth-order valence-corrected chi connectivity index (χ4v) is 1.93. The van der Waals surface area contributed by atoms with Crippen molar-refractivity contribution in [2.24, 2.45) is 0 Å². The highest BCUT2D eigenvalue weighted by Crippen LogP contribution is 2.27. The van der Waals surface area contributed by atoms with Crippen LogP contribution in [0.5, 0.6) is 11.5 Å². The quantitative estimate of drug-likeness (QED) is 0.605. The summed E-state index contributed by atoms with van der Waals surface area (Å²) in [7, 11) is 2.93. The molecule has 0 aromatic heterocycles. The highest BCUT2D eigenvalue weighted by molar-refractivity contribution is 5.99. The van der Waals surface area contributed by atoms with E-state index in [1.54, 1.807) is 6.07 Å². The first-order chi connectivity index (χ1) is 11.1. The molecule has 5 nitrogen and oxygen atoms in total. The lowest BCUT2D eigenvalue weighted by molar-refractivity contribution is 0.0470. The zero-order valence-corrected chi connectivity index (χ0v) is 12.7. The average Bonchev–Trinajstić information content (AvgIpc) is 2.59. The van der Waals surface area contributed by atoms with Gasteiger partial charge in [0.25, 0.3) is 0 Å². The van der Waals surface area contributed by atoms with Gasteiger partial charge >= 0.3 is 5.97 Å². The Morgan fingerprint density at radius 3 is 2.35 bits per heavy atom. The van der Waals surface area contributed by atoms with Gasteiger partial charge in [-0.05, 0) is 30.3 Å². The molecule has 0 heterocycles. The molecule has 0 amide bonds. The molecule has 6 heteroatoms. The van der Waals surface area contributed by atoms with Gasteiger partial charge < -0.3 is 14.2 Å². The maximum Gasteiger partial charge on any atom is 0.341 e. The Kier molecular flexibility index (Phi) is 5.30. The number of rotatable bonds is 6. The van der Waals surface area contributed by atoms with Gasteiger partial charge in [-0.15, -0.1) is 0 Å². The van der Waals surface area contributed by atoms with Gasteiger partial charge in [-0.2, -0.15) is 0 Å². The first kappa shape index (κ1) is 16.5. The van der Waals surface area contributed by atoms with Crippen LogP contribution in [0.1, 0.15) is 20.7 Å². The molecule has 0 saturated heterocycles. The van der Waals surface area contributed by atoms with E-state index in [4.69, 9.17) is 14.2 Å². The summed E-state index contributed by atoms with van der Waals surface area (Å²) in [6, 6.07) is 9.99. The van der Waals surface area contributed by atoms with Crippen molar-refractivity contribution < 1.29 is 28.2 Å². The average molecular weight is 318 g/mol. The van der Waals surface area contributed by atoms with E-state index < -0.39 is 24.2 Å². The summed E-state index contributed by atoms with van der Waals surface area (Å²) in [5.74, 6) is -1.16. The lowest BCUT2D eigenvalue weighted by atomic mass is 10.1. The summed E-state index contributed by atoms with van der Waals surface area (Å²) in [6.07, 6.45) is 0. The van der Waals surface area contributed by atoms with Crippen LogP contribution in [0, 0.1) is 5.82 Å². The Bertz CT molecular complexity index is 727. The monoisotopic (exact) mass is 318 g/mol. The summed E-state index contributed by atoms with van der Waals surface area (Å²) in [5, 5.41) is 0. The van der Waals surface area contributed by atoms with Crippen molar-refractivity contribution in [1.29, 1.82) is 0 Å². The summed E-state index contributed by atoms with van der Waals surface area (Å²) in [4.78, 5) is 23.8. The molecule has 0 spiro atoms. The summed E-state index contributed by atoms with van der Waals surface area (Å²) in [5.41, 5.74) is 0.0802. The van der Waals surface area contributed by atoms with E-state index in [0.29, 0.717) is 17.1 Å². The maximum absolute atomic E-state index is 13.5. The second-order valence-corrected chi connectivity index (χ2v) is 4.55. The van der Waals surface area contributed by atoms with Crippen molar-refractivity contribution in [3.05, 3.63) is 59.4 Å². The third-order valence-electron chi connectivity index (χ3n) is 3.13. The van der Waals surface area contributed by atoms with Gasteiger partial charge in [0.2, 0.25) is 0 Å². The molecule has 0 bridgehead atoms. The first-order valence-electron chi connectivity index (χ1n) is 6.73. The first-order valence-corrected chi connectivity index (χ1v) is 6.73. The molecule has 0 aliphatic rings. The van der Waals surface area contributed by atoms with Crippen LogP contribution in [0.15, 0.2) is 42.5 Å². The summed E-state index contributed by atoms with van der Waals surface area (Å²) >= 11 is 0. The van der Waals surface area contributed by atoms with E-state index in [1.165, 1.54) is 44.6 Å². The third kappa shape index (κ3) is 3.85. The van der Waals surface area contributed by atoms with Crippen molar-refractivity contribution in [2.45, 2.75) is 0 Å². The molecule has 0 fully saturated rings. The van der Waals surface area contributed by atoms with E-state index in [0.717, 1.165) is 6.07 Å². The predicted octanol–water partition coefficient (Wildman–Crippen LogP) is 2.88. The molecule has 0 atom stereocenters. The number of esters is 1. The van der Waals surface area contributed by atoms with Crippen LogP contribution in [-0.2, 0) is 4.74 Å². The Hall–Kier alpha value is -2.89. The van der Waals surface area contributed by atoms with Crippen LogP contribution in [0.4, 0.5) is 4.39 Å². The standard InChI is InChI=1S/C17H15FO5/c1-21-15-8-7-11(9-16(15)22-2)14(19)10-23-17(20)12-5-3-4-6-13(12)18/h3-9H,10H2,1-2H3. The number of ketones is 1. The second-order valence-electron chi connectivity index (χ2n) is 4.55. The fraction of sp³-hybridized carbons (Fsp3) is 0.176. The van der Waals surface area contributed by atoms with E-state index in [9.17, 15) is 14.0 Å². The van der Waals surface area contributed by atoms with Crippen LogP contribution >= 0.6 is 0 Å². The van der Waals surface area contributed by atoms with Gasteiger partial charge in [-0.3, -0.25) is 4.79 Å². The molecule has 120 valence electrons. The molecule has 2 aromatic carbocycles. The van der Waals surface area contributed by atoms with Gasteiger partial charge in [-0.1, -0.05) is 12.1 Å². The highest BCUT2D eigenvalue weighted by Gasteiger charge is 2.16. The SMILES string of the molecule is COc1ccc(C(=O)COC(=O)c2ccccc2F)cc1OC. The molecular formula is C17H15FO5. The van der Waals surface area contributed by atoms with Crippen LogP contribution < -0.4 is 9.47 Å². The van der Waals surface area contributed by atoms with Gasteiger partial charge in [0.15, 0.2) is 23.9 Å². The minimum absolute atomic E-state index is 0.215. The molecule has 2 aromatic rings. The minimum atomic E-state index is -0.892. The molecular weight excluding hydrogens is 303 g/mol. The van der Waals surface area contributed by atoms with Crippen molar-refractivity contribution in [2.75, 3.05) is 20.8 Å². The smallest absolute Gasteiger partial charge is 0.341 e. The van der Waals surface area contributed by atoms with Crippen molar-refractivity contribution in [3.63, 3.8) is 0 Å². The Morgan fingerprint density at radius 2 is 1.70 bits per heavy atom. The largest absolute Gasteiger partial charge is 0.493 e. The van der Waals surface area contributed by atoms with Gasteiger partial charge in [0.05, 0.1) is 19.8 Å². The number of hydrogen-bond donors (Lipinski definition) is 0. The normalized spacial score (nSPS) is 10.0. The predicted molar refractivity (Wildman–Crippen MR) is 80.6 cm³/mol. The minimum Gasteiger partial charge on any atom is -0.493 e. The van der Waals surface area contributed by atoms with Gasteiger partial charge in [0.1, 0.15) is 5.82 Å². The third-order valence-corrected chi connectivity index (χ3v) is 3.13. The van der Waals surface area contributed by atoms with Crippen molar-refractivity contribution >= 4 is 11.8 Å². The summed E-state index contributed by atoms with van der Waals surface area (Å²) < 4.78 is 28.5. The zero-order chi connectivity index (χ0) is 16.8. The van der Waals surface area contributed by atoms with Crippen molar-refractivity contribution in [3.8, 4) is 11.5 Å². The lowest BCUT2D eigenvalue weighted by Crippen LogP contribution is -2.15. The highest BCUT2D eigenvalue weighted by atomic mass is 19.1. The molecule has 23 heavy (non-hydrogen) atoms. The molecule has 0 unspecified atom stereocenters. The van der Waals surface area contributed by atoms with Crippen LogP contribution in [-0.4, -0.2) is 32.6 Å². The molecule has 0 N–H and O–H groups in total. The number of carbonyl (C=O) groups excluding carboxylic acids is 2. The Labute approximate surface area is 132 Å². The second kappa shape index (κ2) is 7.40. The molecule has 0 aliphatic carbocycles. The van der Waals surface area contributed by atoms with E-state index in [2.05, 4.69) is 0 Å². The number of benzene rings is 2. The molecule has 0 saturated carbocycles. The number of halogens is 1. The number of hydrogen-bond acceptors (Lipinski definition) is 5. The number of carbonyl (C=O) groups is 2. The number of Topliss-reactive ketones (excluding diaryl/α,β-unsaturated/α-hetero) is 1. The van der Waals surface area contributed by atoms with E-state index in [-0.39, 0.29) is 5.56 Å². The fourth-order valence-electron chi connectivity index (χ4n) is 1.93. The molecule has 2 rings (SSSR count).